The minimum atomic E-state index is 0.813. The summed E-state index contributed by atoms with van der Waals surface area (Å²) in [5.74, 6) is 0.813. The molecular formula is C12H19N5. The fraction of sp³-hybridized carbons (Fsp3) is 0.500. The number of aromatic nitrogens is 3. The molecule has 0 radical (unpaired) electrons. The number of hydrogen-bond donors (Lipinski definition) is 1. The monoisotopic (exact) mass is 233 g/mol. The van der Waals surface area contributed by atoms with Gasteiger partial charge in [-0.15, -0.1) is 10.2 Å². The van der Waals surface area contributed by atoms with E-state index in [4.69, 9.17) is 0 Å². The van der Waals surface area contributed by atoms with Crippen molar-refractivity contribution >= 4 is 11.6 Å². The third-order valence-electron chi connectivity index (χ3n) is 2.92. The number of anilines is 1. The van der Waals surface area contributed by atoms with Crippen molar-refractivity contribution in [3.63, 3.8) is 0 Å². The van der Waals surface area contributed by atoms with E-state index in [2.05, 4.69) is 34.3 Å². The molecule has 2 aromatic heterocycles. The van der Waals surface area contributed by atoms with E-state index in [0.29, 0.717) is 0 Å². The summed E-state index contributed by atoms with van der Waals surface area (Å²) in [6.45, 7) is 8.43. The molecule has 1 N–H and O–H groups in total. The van der Waals surface area contributed by atoms with Crippen LogP contribution in [0.3, 0.4) is 0 Å². The Bertz CT molecular complexity index is 461. The maximum Gasteiger partial charge on any atom is 0.229 e. The third-order valence-corrected chi connectivity index (χ3v) is 2.92. The molecule has 0 saturated carbocycles. The number of nitrogens with zero attached hydrogens (tertiary/aromatic N) is 4. The topological polar surface area (TPSA) is 45.5 Å². The van der Waals surface area contributed by atoms with Gasteiger partial charge in [0, 0.05) is 19.3 Å². The second-order valence-corrected chi connectivity index (χ2v) is 3.91. The minimum Gasteiger partial charge on any atom is -0.353 e. The minimum absolute atomic E-state index is 0.813. The van der Waals surface area contributed by atoms with E-state index in [1.165, 1.54) is 0 Å². The highest BCUT2D eigenvalue weighted by atomic mass is 15.3. The number of fused-ring (bicyclic) bond motifs is 1. The van der Waals surface area contributed by atoms with Gasteiger partial charge in [-0.3, -0.25) is 4.40 Å². The molecule has 0 aliphatic carbocycles. The van der Waals surface area contributed by atoms with Gasteiger partial charge in [0.15, 0.2) is 5.65 Å². The van der Waals surface area contributed by atoms with Gasteiger partial charge in [-0.05, 0) is 25.2 Å². The molecule has 0 spiro atoms. The molecule has 5 nitrogen and oxygen atoms in total. The van der Waals surface area contributed by atoms with E-state index in [1.54, 1.807) is 0 Å². The molecule has 0 aromatic carbocycles. The Labute approximate surface area is 101 Å². The van der Waals surface area contributed by atoms with Gasteiger partial charge in [0.2, 0.25) is 5.95 Å². The van der Waals surface area contributed by atoms with Crippen LogP contribution in [0.1, 0.15) is 13.8 Å². The van der Waals surface area contributed by atoms with E-state index >= 15 is 0 Å². The van der Waals surface area contributed by atoms with Crippen molar-refractivity contribution in [1.29, 1.82) is 0 Å². The Morgan fingerprint density at radius 1 is 1.24 bits per heavy atom. The maximum atomic E-state index is 4.13. The molecule has 0 atom stereocenters. The van der Waals surface area contributed by atoms with Crippen LogP contribution in [0.5, 0.6) is 0 Å². The summed E-state index contributed by atoms with van der Waals surface area (Å²) in [4.78, 5) is 2.37. The fourth-order valence-corrected chi connectivity index (χ4v) is 1.83. The lowest BCUT2D eigenvalue weighted by molar-refractivity contribution is 0.316. The number of rotatable bonds is 6. The van der Waals surface area contributed by atoms with Gasteiger partial charge in [0.1, 0.15) is 0 Å². The van der Waals surface area contributed by atoms with Crippen LogP contribution in [0.4, 0.5) is 5.95 Å². The van der Waals surface area contributed by atoms with Crippen LogP contribution in [0.2, 0.25) is 0 Å². The van der Waals surface area contributed by atoms with Gasteiger partial charge in [-0.25, -0.2) is 0 Å². The van der Waals surface area contributed by atoms with Crippen molar-refractivity contribution in [2.45, 2.75) is 13.8 Å². The van der Waals surface area contributed by atoms with E-state index in [-0.39, 0.29) is 0 Å². The summed E-state index contributed by atoms with van der Waals surface area (Å²) in [5, 5.41) is 11.5. The van der Waals surface area contributed by atoms with Crippen molar-refractivity contribution in [3.8, 4) is 0 Å². The first kappa shape index (κ1) is 11.9. The second kappa shape index (κ2) is 5.63. The van der Waals surface area contributed by atoms with Crippen molar-refractivity contribution in [2.75, 3.05) is 31.5 Å². The molecule has 92 valence electrons. The van der Waals surface area contributed by atoms with E-state index in [9.17, 15) is 0 Å². The summed E-state index contributed by atoms with van der Waals surface area (Å²) in [6.07, 6.45) is 1.97. The summed E-state index contributed by atoms with van der Waals surface area (Å²) in [5.41, 5.74) is 0.873. The molecule has 2 aromatic rings. The van der Waals surface area contributed by atoms with Crippen molar-refractivity contribution in [3.05, 3.63) is 24.4 Å². The molecule has 0 fully saturated rings. The highest BCUT2D eigenvalue weighted by molar-refractivity contribution is 5.44. The Morgan fingerprint density at radius 2 is 2.06 bits per heavy atom. The second-order valence-electron chi connectivity index (χ2n) is 3.91. The van der Waals surface area contributed by atoms with Gasteiger partial charge in [0.05, 0.1) is 0 Å². The van der Waals surface area contributed by atoms with Crippen molar-refractivity contribution in [2.24, 2.45) is 0 Å². The van der Waals surface area contributed by atoms with Gasteiger partial charge in [0.25, 0.3) is 0 Å². The molecule has 0 aliphatic rings. The SMILES string of the molecule is CCN(CC)CCNc1nnc2ccccn12. The van der Waals surface area contributed by atoms with Crippen LogP contribution < -0.4 is 5.32 Å². The Kier molecular flexibility index (Phi) is 3.93. The molecule has 17 heavy (non-hydrogen) atoms. The zero-order valence-corrected chi connectivity index (χ0v) is 10.4. The van der Waals surface area contributed by atoms with Crippen molar-refractivity contribution in [1.82, 2.24) is 19.5 Å². The van der Waals surface area contributed by atoms with Gasteiger partial charge >= 0.3 is 0 Å². The average molecular weight is 233 g/mol. The fourth-order valence-electron chi connectivity index (χ4n) is 1.83. The molecule has 0 aliphatic heterocycles. The number of likely N-dealkylation sites (N-methyl/N-ethyl adjacent to an activating group) is 1. The summed E-state index contributed by atoms with van der Waals surface area (Å²) in [7, 11) is 0. The smallest absolute Gasteiger partial charge is 0.229 e. The normalized spacial score (nSPS) is 11.2. The molecule has 0 saturated heterocycles. The van der Waals surface area contributed by atoms with Crippen LogP contribution in [-0.4, -0.2) is 45.7 Å². The average Bonchev–Trinajstić information content (AvgIpc) is 2.78. The summed E-state index contributed by atoms with van der Waals surface area (Å²) < 4.78 is 1.96. The third kappa shape index (κ3) is 2.74. The molecular weight excluding hydrogens is 214 g/mol. The number of pyridine rings is 1. The zero-order chi connectivity index (χ0) is 12.1. The van der Waals surface area contributed by atoms with Crippen LogP contribution >= 0.6 is 0 Å². The number of nitrogens with one attached hydrogen (secondary N) is 1. The standard InChI is InChI=1S/C12H19N5/c1-3-16(4-2)10-8-13-12-15-14-11-7-5-6-9-17(11)12/h5-7,9H,3-4,8,10H2,1-2H3,(H,13,15). The lowest BCUT2D eigenvalue weighted by Crippen LogP contribution is -2.28. The lowest BCUT2D eigenvalue weighted by Gasteiger charge is -2.17. The van der Waals surface area contributed by atoms with Crippen molar-refractivity contribution < 1.29 is 0 Å². The predicted octanol–water partition coefficient (Wildman–Crippen LogP) is 1.48. The first-order chi connectivity index (χ1) is 8.35. The molecule has 2 heterocycles. The predicted molar refractivity (Wildman–Crippen MR) is 69.3 cm³/mol. The van der Waals surface area contributed by atoms with Gasteiger partial charge in [-0.1, -0.05) is 19.9 Å². The summed E-state index contributed by atoms with van der Waals surface area (Å²) >= 11 is 0. The quantitative estimate of drug-likeness (QED) is 0.821. The Morgan fingerprint density at radius 3 is 2.82 bits per heavy atom. The molecule has 5 heteroatoms. The van der Waals surface area contributed by atoms with E-state index in [1.807, 2.05) is 28.8 Å². The Hall–Kier alpha value is -1.62. The Balaban J connectivity index is 1.95. The first-order valence-electron chi connectivity index (χ1n) is 6.11. The zero-order valence-electron chi connectivity index (χ0n) is 10.4. The van der Waals surface area contributed by atoms with E-state index in [0.717, 1.165) is 37.8 Å². The lowest BCUT2D eigenvalue weighted by atomic mass is 10.4. The van der Waals surface area contributed by atoms with Crippen LogP contribution in [0, 0.1) is 0 Å². The van der Waals surface area contributed by atoms with Gasteiger partial charge < -0.3 is 10.2 Å². The molecule has 0 bridgehead atoms. The largest absolute Gasteiger partial charge is 0.353 e. The maximum absolute atomic E-state index is 4.13. The molecule has 2 rings (SSSR count). The molecule has 0 amide bonds. The van der Waals surface area contributed by atoms with Crippen LogP contribution in [-0.2, 0) is 0 Å². The van der Waals surface area contributed by atoms with E-state index < -0.39 is 0 Å². The highest BCUT2D eigenvalue weighted by Crippen LogP contribution is 2.06. The van der Waals surface area contributed by atoms with Crippen LogP contribution in [0.15, 0.2) is 24.4 Å². The molecule has 0 unspecified atom stereocenters. The number of hydrogen-bond acceptors (Lipinski definition) is 4. The highest BCUT2D eigenvalue weighted by Gasteiger charge is 2.04. The first-order valence-corrected chi connectivity index (χ1v) is 6.11. The van der Waals surface area contributed by atoms with Gasteiger partial charge in [-0.2, -0.15) is 0 Å². The summed E-state index contributed by atoms with van der Waals surface area (Å²) in [6, 6.07) is 5.89. The van der Waals surface area contributed by atoms with Crippen LogP contribution in [0.25, 0.3) is 5.65 Å².